The third-order valence-corrected chi connectivity index (χ3v) is 3.63. The Hall–Kier alpha value is -1.56. The van der Waals surface area contributed by atoms with Crippen molar-refractivity contribution < 1.29 is 14.3 Å². The van der Waals surface area contributed by atoms with E-state index in [2.05, 4.69) is 5.32 Å². The average molecular weight is 311 g/mol. The molecule has 0 bridgehead atoms. The normalized spacial score (nSPS) is 16.5. The van der Waals surface area contributed by atoms with Crippen LogP contribution in [-0.2, 0) is 4.74 Å². The predicted octanol–water partition coefficient (Wildman–Crippen LogP) is 2.99. The molecular weight excluding hydrogens is 282 g/mol. The van der Waals surface area contributed by atoms with Crippen LogP contribution in [0.5, 0.6) is 0 Å². The highest BCUT2D eigenvalue weighted by Gasteiger charge is 2.26. The number of allylic oxidation sites excluding steroid dienone is 1. The lowest BCUT2D eigenvalue weighted by molar-refractivity contribution is 0.0328. The van der Waals surface area contributed by atoms with Crippen molar-refractivity contribution in [1.82, 2.24) is 10.2 Å². The summed E-state index contributed by atoms with van der Waals surface area (Å²) in [5, 5.41) is 2.68. The number of nitrogens with zero attached hydrogens (tertiary/aromatic N) is 1. The molecule has 126 valence electrons. The standard InChI is InChI=1S/C16H29N3O3/c1-12(13-7-5-6-8-13)11-18-14(20)19(10-9-17)15(21)22-16(2,3)4/h11,13H,5-10,17H2,1-4H3,(H,18,20)/b12-11+. The molecule has 0 radical (unpaired) electrons. The van der Waals surface area contributed by atoms with E-state index in [1.165, 1.54) is 12.8 Å². The monoisotopic (exact) mass is 311 g/mol. The first-order valence-electron chi connectivity index (χ1n) is 7.92. The Morgan fingerprint density at radius 2 is 1.91 bits per heavy atom. The van der Waals surface area contributed by atoms with Crippen molar-refractivity contribution >= 4 is 12.1 Å². The van der Waals surface area contributed by atoms with Gasteiger partial charge in [0.25, 0.3) is 0 Å². The lowest BCUT2D eigenvalue weighted by atomic mass is 10.0. The van der Waals surface area contributed by atoms with Gasteiger partial charge in [0.1, 0.15) is 5.60 Å². The molecule has 0 aromatic heterocycles. The van der Waals surface area contributed by atoms with Gasteiger partial charge in [-0.3, -0.25) is 0 Å². The minimum atomic E-state index is -0.678. The summed E-state index contributed by atoms with van der Waals surface area (Å²) in [6, 6.07) is -0.503. The van der Waals surface area contributed by atoms with Crippen LogP contribution in [0.4, 0.5) is 9.59 Å². The molecule has 0 saturated heterocycles. The molecule has 22 heavy (non-hydrogen) atoms. The summed E-state index contributed by atoms with van der Waals surface area (Å²) in [5.74, 6) is 0.532. The molecule has 0 aromatic rings. The topological polar surface area (TPSA) is 84.7 Å². The van der Waals surface area contributed by atoms with Crippen molar-refractivity contribution in [2.45, 2.75) is 59.0 Å². The molecule has 1 fully saturated rings. The number of hydrogen-bond donors (Lipinski definition) is 2. The Morgan fingerprint density at radius 3 is 2.41 bits per heavy atom. The molecule has 3 N–H and O–H groups in total. The van der Waals surface area contributed by atoms with Gasteiger partial charge in [0.2, 0.25) is 0 Å². The van der Waals surface area contributed by atoms with Gasteiger partial charge in [-0.1, -0.05) is 18.4 Å². The van der Waals surface area contributed by atoms with E-state index in [9.17, 15) is 9.59 Å². The first-order chi connectivity index (χ1) is 10.2. The van der Waals surface area contributed by atoms with Gasteiger partial charge in [-0.05, 0) is 46.5 Å². The van der Waals surface area contributed by atoms with Crippen molar-refractivity contribution in [2.24, 2.45) is 11.7 Å². The number of ether oxygens (including phenoxy) is 1. The van der Waals surface area contributed by atoms with Gasteiger partial charge >= 0.3 is 12.1 Å². The lowest BCUT2D eigenvalue weighted by Gasteiger charge is -2.25. The molecule has 0 aromatic carbocycles. The minimum absolute atomic E-state index is 0.122. The van der Waals surface area contributed by atoms with Gasteiger partial charge < -0.3 is 15.8 Å². The van der Waals surface area contributed by atoms with Crippen LogP contribution in [0.3, 0.4) is 0 Å². The Kier molecular flexibility index (Phi) is 6.87. The molecule has 1 aliphatic rings. The van der Waals surface area contributed by atoms with E-state index in [0.29, 0.717) is 5.92 Å². The van der Waals surface area contributed by atoms with Crippen molar-refractivity contribution in [2.75, 3.05) is 13.1 Å². The summed E-state index contributed by atoms with van der Waals surface area (Å²) < 4.78 is 5.23. The SMILES string of the molecule is C/C(=C\NC(=O)N(CCN)C(=O)OC(C)(C)C)C1CCCC1. The largest absolute Gasteiger partial charge is 0.443 e. The van der Waals surface area contributed by atoms with Crippen LogP contribution in [0.15, 0.2) is 11.8 Å². The first kappa shape index (κ1) is 18.5. The van der Waals surface area contributed by atoms with Crippen molar-refractivity contribution in [3.05, 3.63) is 11.8 Å². The molecule has 0 unspecified atom stereocenters. The molecule has 1 rings (SSSR count). The highest BCUT2D eigenvalue weighted by atomic mass is 16.6. The maximum absolute atomic E-state index is 12.2. The summed E-state index contributed by atoms with van der Waals surface area (Å²) in [5.41, 5.74) is 5.97. The zero-order chi connectivity index (χ0) is 16.8. The first-order valence-corrected chi connectivity index (χ1v) is 7.92. The maximum atomic E-state index is 12.2. The summed E-state index contributed by atoms with van der Waals surface area (Å²) in [4.78, 5) is 25.3. The average Bonchev–Trinajstić information content (AvgIpc) is 2.93. The fourth-order valence-electron chi connectivity index (χ4n) is 2.47. The third kappa shape index (κ3) is 6.05. The second-order valence-corrected chi connectivity index (χ2v) is 6.74. The van der Waals surface area contributed by atoms with Crippen LogP contribution in [0.1, 0.15) is 53.4 Å². The van der Waals surface area contributed by atoms with Crippen LogP contribution >= 0.6 is 0 Å². The molecule has 6 nitrogen and oxygen atoms in total. The molecule has 6 heteroatoms. The van der Waals surface area contributed by atoms with Crippen LogP contribution in [0.25, 0.3) is 0 Å². The van der Waals surface area contributed by atoms with Gasteiger partial charge in [-0.25, -0.2) is 14.5 Å². The van der Waals surface area contributed by atoms with Gasteiger partial charge in [0, 0.05) is 19.3 Å². The van der Waals surface area contributed by atoms with Crippen LogP contribution in [-0.4, -0.2) is 35.7 Å². The lowest BCUT2D eigenvalue weighted by Crippen LogP contribution is -2.46. The molecule has 1 saturated carbocycles. The molecule has 0 aliphatic heterocycles. The zero-order valence-electron chi connectivity index (χ0n) is 14.1. The van der Waals surface area contributed by atoms with Gasteiger partial charge in [0.05, 0.1) is 0 Å². The van der Waals surface area contributed by atoms with Gasteiger partial charge in [0.15, 0.2) is 0 Å². The number of rotatable bonds is 4. The number of hydrogen-bond acceptors (Lipinski definition) is 4. The summed E-state index contributed by atoms with van der Waals surface area (Å²) in [6.07, 6.45) is 5.82. The number of amides is 3. The Morgan fingerprint density at radius 1 is 1.32 bits per heavy atom. The molecule has 1 aliphatic carbocycles. The molecule has 3 amide bonds. The summed E-state index contributed by atoms with van der Waals surface area (Å²) in [6.45, 7) is 7.60. The van der Waals surface area contributed by atoms with E-state index in [-0.39, 0.29) is 13.1 Å². The van der Waals surface area contributed by atoms with E-state index in [0.717, 1.165) is 23.3 Å². The van der Waals surface area contributed by atoms with Crippen molar-refractivity contribution in [3.63, 3.8) is 0 Å². The third-order valence-electron chi connectivity index (χ3n) is 3.63. The van der Waals surface area contributed by atoms with E-state index in [4.69, 9.17) is 10.5 Å². The van der Waals surface area contributed by atoms with Crippen molar-refractivity contribution in [1.29, 1.82) is 0 Å². The highest BCUT2D eigenvalue weighted by Crippen LogP contribution is 2.30. The van der Waals surface area contributed by atoms with Crippen LogP contribution < -0.4 is 11.1 Å². The van der Waals surface area contributed by atoms with Crippen LogP contribution in [0.2, 0.25) is 0 Å². The maximum Gasteiger partial charge on any atom is 0.418 e. The number of carbonyl (C=O) groups is 2. The zero-order valence-corrected chi connectivity index (χ0v) is 14.1. The Bertz CT molecular complexity index is 421. The fourth-order valence-corrected chi connectivity index (χ4v) is 2.47. The molecular formula is C16H29N3O3. The van der Waals surface area contributed by atoms with E-state index in [1.54, 1.807) is 27.0 Å². The van der Waals surface area contributed by atoms with Gasteiger partial charge in [-0.2, -0.15) is 0 Å². The predicted molar refractivity (Wildman–Crippen MR) is 86.2 cm³/mol. The second kappa shape index (κ2) is 8.17. The molecule has 0 spiro atoms. The van der Waals surface area contributed by atoms with Gasteiger partial charge in [-0.15, -0.1) is 0 Å². The van der Waals surface area contributed by atoms with Crippen LogP contribution in [0, 0.1) is 5.92 Å². The van der Waals surface area contributed by atoms with Crippen molar-refractivity contribution in [3.8, 4) is 0 Å². The number of nitrogens with two attached hydrogens (primary N) is 1. The summed E-state index contributed by atoms with van der Waals surface area (Å²) in [7, 11) is 0. The minimum Gasteiger partial charge on any atom is -0.443 e. The number of carbonyl (C=O) groups excluding carboxylic acids is 2. The number of urea groups is 1. The number of nitrogens with one attached hydrogen (secondary N) is 1. The van der Waals surface area contributed by atoms with E-state index < -0.39 is 17.7 Å². The Balaban J connectivity index is 2.64. The molecule has 0 heterocycles. The summed E-state index contributed by atoms with van der Waals surface area (Å²) >= 11 is 0. The van der Waals surface area contributed by atoms with E-state index >= 15 is 0 Å². The Labute approximate surface area is 133 Å². The highest BCUT2D eigenvalue weighted by molar-refractivity contribution is 5.91. The fraction of sp³-hybridized carbons (Fsp3) is 0.750. The molecule has 0 atom stereocenters. The quantitative estimate of drug-likeness (QED) is 0.836. The number of imide groups is 1. The second-order valence-electron chi connectivity index (χ2n) is 6.74. The van der Waals surface area contributed by atoms with E-state index in [1.807, 2.05) is 6.92 Å². The smallest absolute Gasteiger partial charge is 0.418 e.